The van der Waals surface area contributed by atoms with Crippen LogP contribution in [-0.2, 0) is 18.3 Å². The standard InChI is InChI=1S/C15H19NO2/c1-10-7-12-6-5-11(8-13(12)16(10)4)9-15(2,3)14(17)18/h5-8H,9H2,1-4H3,(H,17,18). The van der Waals surface area contributed by atoms with Crippen molar-refractivity contribution in [3.63, 3.8) is 0 Å². The van der Waals surface area contributed by atoms with Crippen molar-refractivity contribution < 1.29 is 9.90 Å². The zero-order valence-corrected chi connectivity index (χ0v) is 11.3. The van der Waals surface area contributed by atoms with E-state index in [4.69, 9.17) is 5.11 Å². The summed E-state index contributed by atoms with van der Waals surface area (Å²) in [5, 5.41) is 10.4. The number of aliphatic carboxylic acids is 1. The monoisotopic (exact) mass is 245 g/mol. The highest BCUT2D eigenvalue weighted by atomic mass is 16.4. The van der Waals surface area contributed by atoms with Crippen molar-refractivity contribution in [3.05, 3.63) is 35.5 Å². The van der Waals surface area contributed by atoms with E-state index in [2.05, 4.69) is 29.7 Å². The zero-order valence-electron chi connectivity index (χ0n) is 11.3. The van der Waals surface area contributed by atoms with Gasteiger partial charge in [0.15, 0.2) is 0 Å². The Labute approximate surface area is 107 Å². The largest absolute Gasteiger partial charge is 0.481 e. The number of nitrogens with zero attached hydrogens (tertiary/aromatic N) is 1. The third-order valence-electron chi connectivity index (χ3n) is 3.57. The molecule has 0 unspecified atom stereocenters. The van der Waals surface area contributed by atoms with E-state index >= 15 is 0 Å². The van der Waals surface area contributed by atoms with Gasteiger partial charge >= 0.3 is 5.97 Å². The summed E-state index contributed by atoms with van der Waals surface area (Å²) < 4.78 is 2.13. The number of hydrogen-bond donors (Lipinski definition) is 1. The van der Waals surface area contributed by atoms with Crippen molar-refractivity contribution >= 4 is 16.9 Å². The van der Waals surface area contributed by atoms with Gasteiger partial charge in [-0.3, -0.25) is 4.79 Å². The smallest absolute Gasteiger partial charge is 0.309 e. The van der Waals surface area contributed by atoms with Crippen molar-refractivity contribution in [3.8, 4) is 0 Å². The highest BCUT2D eigenvalue weighted by Gasteiger charge is 2.27. The molecular formula is C15H19NO2. The Bertz CT molecular complexity index is 608. The number of aryl methyl sites for hydroxylation is 2. The van der Waals surface area contributed by atoms with Gasteiger partial charge in [0, 0.05) is 18.3 Å². The minimum absolute atomic E-state index is 0.544. The number of hydrogen-bond acceptors (Lipinski definition) is 1. The molecule has 1 N–H and O–H groups in total. The fourth-order valence-electron chi connectivity index (χ4n) is 2.21. The second kappa shape index (κ2) is 4.16. The van der Waals surface area contributed by atoms with Crippen LogP contribution < -0.4 is 0 Å². The predicted molar refractivity (Wildman–Crippen MR) is 72.8 cm³/mol. The normalized spacial score (nSPS) is 12.0. The van der Waals surface area contributed by atoms with E-state index < -0.39 is 11.4 Å². The number of carbonyl (C=O) groups is 1. The summed E-state index contributed by atoms with van der Waals surface area (Å²) in [7, 11) is 2.03. The summed E-state index contributed by atoms with van der Waals surface area (Å²) in [4.78, 5) is 11.2. The lowest BCUT2D eigenvalue weighted by Crippen LogP contribution is -2.26. The third kappa shape index (κ3) is 2.13. The summed E-state index contributed by atoms with van der Waals surface area (Å²) in [6.45, 7) is 5.59. The van der Waals surface area contributed by atoms with Crippen LogP contribution in [0, 0.1) is 12.3 Å². The maximum absolute atomic E-state index is 11.2. The molecule has 18 heavy (non-hydrogen) atoms. The number of aromatic nitrogens is 1. The Balaban J connectivity index is 2.41. The Hall–Kier alpha value is -1.77. The van der Waals surface area contributed by atoms with E-state index in [0.717, 1.165) is 11.1 Å². The highest BCUT2D eigenvalue weighted by molar-refractivity contribution is 5.82. The molecule has 0 spiro atoms. The average molecular weight is 245 g/mol. The third-order valence-corrected chi connectivity index (χ3v) is 3.57. The second-order valence-corrected chi connectivity index (χ2v) is 5.60. The average Bonchev–Trinajstić information content (AvgIpc) is 2.55. The van der Waals surface area contributed by atoms with Crippen LogP contribution in [0.4, 0.5) is 0 Å². The van der Waals surface area contributed by atoms with Crippen LogP contribution in [-0.4, -0.2) is 15.6 Å². The van der Waals surface area contributed by atoms with E-state index in [1.165, 1.54) is 11.1 Å². The fourth-order valence-corrected chi connectivity index (χ4v) is 2.21. The number of carboxylic acid groups (broad SMARTS) is 1. The van der Waals surface area contributed by atoms with Crippen molar-refractivity contribution in [2.75, 3.05) is 0 Å². The molecule has 1 aromatic heterocycles. The molecule has 0 aliphatic heterocycles. The first-order valence-corrected chi connectivity index (χ1v) is 6.09. The molecule has 96 valence electrons. The van der Waals surface area contributed by atoms with Gasteiger partial charge < -0.3 is 9.67 Å². The molecule has 0 fully saturated rings. The number of benzene rings is 1. The van der Waals surface area contributed by atoms with Gasteiger partial charge in [0.2, 0.25) is 0 Å². The maximum Gasteiger partial charge on any atom is 0.309 e. The Morgan fingerprint density at radius 3 is 2.61 bits per heavy atom. The van der Waals surface area contributed by atoms with Crippen LogP contribution in [0.3, 0.4) is 0 Å². The van der Waals surface area contributed by atoms with Gasteiger partial charge in [-0.25, -0.2) is 0 Å². The van der Waals surface area contributed by atoms with Crippen LogP contribution in [0.25, 0.3) is 10.9 Å². The first kappa shape index (κ1) is 12.7. The van der Waals surface area contributed by atoms with Gasteiger partial charge in [-0.2, -0.15) is 0 Å². The Morgan fingerprint density at radius 2 is 2.00 bits per heavy atom. The van der Waals surface area contributed by atoms with E-state index in [1.807, 2.05) is 13.1 Å². The summed E-state index contributed by atoms with van der Waals surface area (Å²) >= 11 is 0. The summed E-state index contributed by atoms with van der Waals surface area (Å²) in [5.41, 5.74) is 2.70. The summed E-state index contributed by atoms with van der Waals surface area (Å²) in [6, 6.07) is 8.32. The molecular weight excluding hydrogens is 226 g/mol. The molecule has 3 nitrogen and oxygen atoms in total. The lowest BCUT2D eigenvalue weighted by Gasteiger charge is -2.19. The van der Waals surface area contributed by atoms with Crippen molar-refractivity contribution in [2.45, 2.75) is 27.2 Å². The maximum atomic E-state index is 11.2. The SMILES string of the molecule is Cc1cc2ccc(CC(C)(C)C(=O)O)cc2n1C. The molecule has 2 aromatic rings. The zero-order chi connectivity index (χ0) is 13.5. The second-order valence-electron chi connectivity index (χ2n) is 5.60. The summed E-state index contributed by atoms with van der Waals surface area (Å²) in [5.74, 6) is -0.759. The van der Waals surface area contributed by atoms with Gasteiger partial charge in [-0.15, -0.1) is 0 Å². The van der Waals surface area contributed by atoms with E-state index in [1.54, 1.807) is 13.8 Å². The minimum Gasteiger partial charge on any atom is -0.481 e. The molecule has 1 aromatic carbocycles. The van der Waals surface area contributed by atoms with Crippen molar-refractivity contribution in [1.82, 2.24) is 4.57 Å². The molecule has 1 heterocycles. The molecule has 0 radical (unpaired) electrons. The van der Waals surface area contributed by atoms with Gasteiger partial charge in [-0.1, -0.05) is 12.1 Å². The van der Waals surface area contributed by atoms with Crippen LogP contribution >= 0.6 is 0 Å². The Kier molecular flexibility index (Phi) is 2.93. The van der Waals surface area contributed by atoms with E-state index in [9.17, 15) is 4.79 Å². The van der Waals surface area contributed by atoms with Gasteiger partial charge in [0.05, 0.1) is 5.41 Å². The number of fused-ring (bicyclic) bond motifs is 1. The number of carboxylic acids is 1. The lowest BCUT2D eigenvalue weighted by atomic mass is 9.86. The molecule has 3 heteroatoms. The van der Waals surface area contributed by atoms with Gasteiger partial charge in [-0.05, 0) is 50.3 Å². The van der Waals surface area contributed by atoms with Crippen LogP contribution in [0.2, 0.25) is 0 Å². The minimum atomic E-state index is -0.759. The van der Waals surface area contributed by atoms with E-state index in [0.29, 0.717) is 6.42 Å². The van der Waals surface area contributed by atoms with Crippen molar-refractivity contribution in [1.29, 1.82) is 0 Å². The molecule has 0 atom stereocenters. The molecule has 0 bridgehead atoms. The topological polar surface area (TPSA) is 42.2 Å². The van der Waals surface area contributed by atoms with Crippen molar-refractivity contribution in [2.24, 2.45) is 12.5 Å². The predicted octanol–water partition coefficient (Wildman–Crippen LogP) is 3.14. The molecule has 0 aliphatic rings. The molecule has 0 amide bonds. The van der Waals surface area contributed by atoms with E-state index in [-0.39, 0.29) is 0 Å². The first-order chi connectivity index (χ1) is 8.31. The highest BCUT2D eigenvalue weighted by Crippen LogP contribution is 2.25. The molecule has 2 rings (SSSR count). The summed E-state index contributed by atoms with van der Waals surface area (Å²) in [6.07, 6.45) is 0.544. The van der Waals surface area contributed by atoms with Crippen LogP contribution in [0.1, 0.15) is 25.1 Å². The number of rotatable bonds is 3. The van der Waals surface area contributed by atoms with Gasteiger partial charge in [0.25, 0.3) is 0 Å². The Morgan fingerprint density at radius 1 is 1.33 bits per heavy atom. The molecule has 0 saturated carbocycles. The molecule has 0 aliphatic carbocycles. The van der Waals surface area contributed by atoms with Crippen LogP contribution in [0.15, 0.2) is 24.3 Å². The first-order valence-electron chi connectivity index (χ1n) is 6.09. The lowest BCUT2D eigenvalue weighted by molar-refractivity contribution is -0.146. The quantitative estimate of drug-likeness (QED) is 0.902. The van der Waals surface area contributed by atoms with Gasteiger partial charge in [0.1, 0.15) is 0 Å². The van der Waals surface area contributed by atoms with Crippen LogP contribution in [0.5, 0.6) is 0 Å². The molecule has 0 saturated heterocycles. The fraction of sp³-hybridized carbons (Fsp3) is 0.400.